The van der Waals surface area contributed by atoms with Gasteiger partial charge in [-0.15, -0.1) is 5.10 Å². The molecular weight excluding hydrogens is 368 g/mol. The standard InChI is InChI=1S/C17H16N6O3S/c1-11-3-6-15(9-12(11)2)22-17(19-20-21-22)27-10-16(24)18-13-4-7-14(8-5-13)23(25)26/h3-9H,10H2,1-2H3,(H,18,24). The van der Waals surface area contributed by atoms with Crippen molar-refractivity contribution in [3.8, 4) is 5.69 Å². The number of hydrogen-bond donors (Lipinski definition) is 1. The molecule has 27 heavy (non-hydrogen) atoms. The second-order valence-electron chi connectivity index (χ2n) is 5.78. The molecule has 0 fully saturated rings. The van der Waals surface area contributed by atoms with Gasteiger partial charge in [-0.2, -0.15) is 4.68 Å². The molecule has 0 aliphatic heterocycles. The van der Waals surface area contributed by atoms with Crippen LogP contribution in [0.4, 0.5) is 11.4 Å². The number of thioether (sulfide) groups is 1. The fourth-order valence-electron chi connectivity index (χ4n) is 2.28. The van der Waals surface area contributed by atoms with Crippen molar-refractivity contribution in [3.05, 3.63) is 63.7 Å². The predicted octanol–water partition coefficient (Wildman–Crippen LogP) is 2.92. The van der Waals surface area contributed by atoms with Crippen molar-refractivity contribution in [1.82, 2.24) is 20.2 Å². The monoisotopic (exact) mass is 384 g/mol. The lowest BCUT2D eigenvalue weighted by Gasteiger charge is -2.07. The number of nitrogens with zero attached hydrogens (tertiary/aromatic N) is 5. The van der Waals surface area contributed by atoms with Crippen LogP contribution in [0.1, 0.15) is 11.1 Å². The van der Waals surface area contributed by atoms with E-state index in [-0.39, 0.29) is 17.3 Å². The Bertz CT molecular complexity index is 987. The fourth-order valence-corrected chi connectivity index (χ4v) is 2.97. The molecule has 0 aliphatic rings. The summed E-state index contributed by atoms with van der Waals surface area (Å²) >= 11 is 1.20. The van der Waals surface area contributed by atoms with Crippen LogP contribution in [-0.4, -0.2) is 36.8 Å². The molecule has 0 saturated carbocycles. The molecule has 1 amide bonds. The summed E-state index contributed by atoms with van der Waals surface area (Å²) in [5.74, 6) is -0.161. The van der Waals surface area contributed by atoms with Crippen LogP contribution in [0, 0.1) is 24.0 Å². The molecule has 0 atom stereocenters. The number of aryl methyl sites for hydroxylation is 2. The van der Waals surface area contributed by atoms with Crippen LogP contribution in [0.5, 0.6) is 0 Å². The highest BCUT2D eigenvalue weighted by molar-refractivity contribution is 7.99. The maximum Gasteiger partial charge on any atom is 0.269 e. The van der Waals surface area contributed by atoms with E-state index in [1.165, 1.54) is 41.6 Å². The van der Waals surface area contributed by atoms with Gasteiger partial charge in [0.05, 0.1) is 16.4 Å². The minimum Gasteiger partial charge on any atom is -0.325 e. The highest BCUT2D eigenvalue weighted by Crippen LogP contribution is 2.21. The smallest absolute Gasteiger partial charge is 0.269 e. The first-order valence-corrected chi connectivity index (χ1v) is 8.96. The topological polar surface area (TPSA) is 116 Å². The van der Waals surface area contributed by atoms with Crippen LogP contribution < -0.4 is 5.32 Å². The van der Waals surface area contributed by atoms with Gasteiger partial charge >= 0.3 is 0 Å². The molecule has 138 valence electrons. The van der Waals surface area contributed by atoms with Gasteiger partial charge in [-0.05, 0) is 59.7 Å². The summed E-state index contributed by atoms with van der Waals surface area (Å²) in [4.78, 5) is 22.3. The Morgan fingerprint density at radius 3 is 2.59 bits per heavy atom. The number of anilines is 1. The minimum atomic E-state index is -0.492. The van der Waals surface area contributed by atoms with Crippen LogP contribution in [0.3, 0.4) is 0 Å². The van der Waals surface area contributed by atoms with E-state index in [0.29, 0.717) is 10.8 Å². The van der Waals surface area contributed by atoms with Crippen molar-refractivity contribution in [3.63, 3.8) is 0 Å². The van der Waals surface area contributed by atoms with Gasteiger partial charge in [-0.3, -0.25) is 14.9 Å². The molecule has 0 radical (unpaired) electrons. The first-order chi connectivity index (χ1) is 12.9. The molecule has 10 heteroatoms. The van der Waals surface area contributed by atoms with E-state index in [2.05, 4.69) is 20.8 Å². The molecule has 3 aromatic rings. The second-order valence-corrected chi connectivity index (χ2v) is 6.73. The molecule has 0 aliphatic carbocycles. The summed E-state index contributed by atoms with van der Waals surface area (Å²) in [7, 11) is 0. The highest BCUT2D eigenvalue weighted by Gasteiger charge is 2.13. The van der Waals surface area contributed by atoms with Gasteiger partial charge in [0.2, 0.25) is 11.1 Å². The number of nitrogens with one attached hydrogen (secondary N) is 1. The molecule has 0 saturated heterocycles. The third-order valence-electron chi connectivity index (χ3n) is 3.87. The van der Waals surface area contributed by atoms with Crippen molar-refractivity contribution in [1.29, 1.82) is 0 Å². The molecule has 1 aromatic heterocycles. The van der Waals surface area contributed by atoms with Crippen molar-refractivity contribution in [2.75, 3.05) is 11.1 Å². The van der Waals surface area contributed by atoms with E-state index in [1.807, 2.05) is 32.0 Å². The first kappa shape index (κ1) is 18.5. The van der Waals surface area contributed by atoms with Crippen molar-refractivity contribution in [2.24, 2.45) is 0 Å². The van der Waals surface area contributed by atoms with Gasteiger partial charge in [0.1, 0.15) is 0 Å². The number of carbonyl (C=O) groups excluding carboxylic acids is 1. The SMILES string of the molecule is Cc1ccc(-n2nnnc2SCC(=O)Nc2ccc([N+](=O)[O-])cc2)cc1C. The van der Waals surface area contributed by atoms with E-state index >= 15 is 0 Å². The Labute approximate surface area is 158 Å². The number of tetrazole rings is 1. The Morgan fingerprint density at radius 2 is 1.93 bits per heavy atom. The van der Waals surface area contributed by atoms with E-state index < -0.39 is 4.92 Å². The van der Waals surface area contributed by atoms with Gasteiger partial charge < -0.3 is 5.32 Å². The number of nitro benzene ring substituents is 1. The lowest BCUT2D eigenvalue weighted by molar-refractivity contribution is -0.384. The van der Waals surface area contributed by atoms with Crippen molar-refractivity contribution in [2.45, 2.75) is 19.0 Å². The van der Waals surface area contributed by atoms with Gasteiger partial charge in [-0.25, -0.2) is 0 Å². The zero-order valence-corrected chi connectivity index (χ0v) is 15.4. The van der Waals surface area contributed by atoms with Crippen LogP contribution in [0.25, 0.3) is 5.69 Å². The van der Waals surface area contributed by atoms with E-state index in [0.717, 1.165) is 11.3 Å². The van der Waals surface area contributed by atoms with E-state index in [9.17, 15) is 14.9 Å². The summed E-state index contributed by atoms with van der Waals surface area (Å²) in [6.45, 7) is 4.03. The summed E-state index contributed by atoms with van der Waals surface area (Å²) in [5.41, 5.74) is 3.56. The number of amides is 1. The number of carbonyl (C=O) groups is 1. The van der Waals surface area contributed by atoms with Gasteiger partial charge in [0.15, 0.2) is 0 Å². The molecule has 3 rings (SSSR count). The Balaban J connectivity index is 1.63. The highest BCUT2D eigenvalue weighted by atomic mass is 32.2. The van der Waals surface area contributed by atoms with E-state index in [4.69, 9.17) is 0 Å². The number of aromatic nitrogens is 4. The third kappa shape index (κ3) is 4.47. The van der Waals surface area contributed by atoms with Crippen molar-refractivity contribution >= 4 is 29.0 Å². The normalized spacial score (nSPS) is 10.6. The lowest BCUT2D eigenvalue weighted by atomic mass is 10.1. The molecule has 2 aromatic carbocycles. The Hall–Kier alpha value is -3.27. The maximum atomic E-state index is 12.1. The zero-order chi connectivity index (χ0) is 19.4. The van der Waals surface area contributed by atoms with Crippen LogP contribution in [-0.2, 0) is 4.79 Å². The Morgan fingerprint density at radius 1 is 1.19 bits per heavy atom. The quantitative estimate of drug-likeness (QED) is 0.394. The van der Waals surface area contributed by atoms with Gasteiger partial charge in [0.25, 0.3) is 5.69 Å². The van der Waals surface area contributed by atoms with Gasteiger partial charge in [0, 0.05) is 17.8 Å². The maximum absolute atomic E-state index is 12.1. The minimum absolute atomic E-state index is 0.0325. The van der Waals surface area contributed by atoms with E-state index in [1.54, 1.807) is 4.68 Å². The predicted molar refractivity (Wildman–Crippen MR) is 101 cm³/mol. The molecule has 0 unspecified atom stereocenters. The lowest BCUT2D eigenvalue weighted by Crippen LogP contribution is -2.14. The fraction of sp³-hybridized carbons (Fsp3) is 0.176. The molecule has 0 bridgehead atoms. The van der Waals surface area contributed by atoms with Crippen molar-refractivity contribution < 1.29 is 9.72 Å². The van der Waals surface area contributed by atoms with Crippen LogP contribution in [0.15, 0.2) is 47.6 Å². The zero-order valence-electron chi connectivity index (χ0n) is 14.6. The molecule has 9 nitrogen and oxygen atoms in total. The van der Waals surface area contributed by atoms with Crippen LogP contribution in [0.2, 0.25) is 0 Å². The summed E-state index contributed by atoms with van der Waals surface area (Å²) < 4.78 is 1.58. The summed E-state index contributed by atoms with van der Waals surface area (Å²) in [6, 6.07) is 11.5. The summed E-state index contributed by atoms with van der Waals surface area (Å²) in [5, 5.41) is 25.5. The van der Waals surface area contributed by atoms with Gasteiger partial charge in [-0.1, -0.05) is 17.8 Å². The number of nitro groups is 1. The number of non-ortho nitro benzene ring substituents is 1. The van der Waals surface area contributed by atoms with Crippen LogP contribution >= 0.6 is 11.8 Å². The third-order valence-corrected chi connectivity index (χ3v) is 4.79. The molecule has 1 heterocycles. The molecule has 0 spiro atoms. The number of hydrogen-bond acceptors (Lipinski definition) is 7. The first-order valence-electron chi connectivity index (χ1n) is 7.97. The Kier molecular flexibility index (Phi) is 5.46. The summed E-state index contributed by atoms with van der Waals surface area (Å²) in [6.07, 6.45) is 0. The molecular formula is C17H16N6O3S. The average molecular weight is 384 g/mol. The largest absolute Gasteiger partial charge is 0.325 e. The average Bonchev–Trinajstić information content (AvgIpc) is 3.11. The number of rotatable bonds is 6. The second kappa shape index (κ2) is 7.96. The number of benzene rings is 2. The molecule has 1 N–H and O–H groups in total.